The number of nitrogens with one attached hydrogen (secondary N) is 2. The highest BCUT2D eigenvalue weighted by Gasteiger charge is 2.42. The number of pyridine rings is 1. The Hall–Kier alpha value is -2.86. The number of hydrogen-bond donors (Lipinski definition) is 2. The number of amides is 2. The van der Waals surface area contributed by atoms with Crippen LogP contribution in [-0.2, 0) is 9.59 Å². The topological polar surface area (TPSA) is 71.1 Å². The van der Waals surface area contributed by atoms with Gasteiger partial charge >= 0.3 is 0 Å². The third kappa shape index (κ3) is 4.43. The molecule has 0 spiro atoms. The van der Waals surface area contributed by atoms with Crippen molar-refractivity contribution in [3.05, 3.63) is 66.9 Å². The Kier molecular flexibility index (Phi) is 5.81. The highest BCUT2D eigenvalue weighted by atomic mass is 32.2. The van der Waals surface area contributed by atoms with Crippen LogP contribution >= 0.6 is 11.8 Å². The molecule has 2 N–H and O–H groups in total. The number of carbonyl (C=O) groups excluding carboxylic acids is 2. The summed E-state index contributed by atoms with van der Waals surface area (Å²) in [7, 11) is 0. The number of para-hydroxylation sites is 1. The maximum atomic E-state index is 13.0. The van der Waals surface area contributed by atoms with Gasteiger partial charge in [-0.05, 0) is 37.1 Å². The Morgan fingerprint density at radius 2 is 1.72 bits per heavy atom. The smallest absolute Gasteiger partial charge is 0.243 e. The van der Waals surface area contributed by atoms with Gasteiger partial charge in [0.1, 0.15) is 0 Å². The third-order valence-electron chi connectivity index (χ3n) is 5.20. The van der Waals surface area contributed by atoms with Gasteiger partial charge in [0.15, 0.2) is 0 Å². The van der Waals surface area contributed by atoms with Crippen molar-refractivity contribution in [2.75, 3.05) is 11.9 Å². The third-order valence-corrected chi connectivity index (χ3v) is 6.69. The van der Waals surface area contributed by atoms with Gasteiger partial charge in [-0.2, -0.15) is 0 Å². The van der Waals surface area contributed by atoms with E-state index in [1.165, 1.54) is 0 Å². The Balaban J connectivity index is 1.40. The molecule has 0 saturated heterocycles. The molecular weight excluding hydrogens is 382 g/mol. The lowest BCUT2D eigenvalue weighted by Crippen LogP contribution is -2.45. The normalized spacial score (nSPS) is 15.2. The SMILES string of the molecule is O=C(CNC(=O)C1(Sc2ccccc2)CCCC1)Nc1cccc2cccnc12. The Morgan fingerprint density at radius 3 is 2.52 bits per heavy atom. The Morgan fingerprint density at radius 1 is 0.966 bits per heavy atom. The molecule has 6 heteroatoms. The van der Waals surface area contributed by atoms with Crippen molar-refractivity contribution in [1.29, 1.82) is 0 Å². The minimum atomic E-state index is -0.497. The van der Waals surface area contributed by atoms with Crippen molar-refractivity contribution in [2.45, 2.75) is 35.3 Å². The van der Waals surface area contributed by atoms with Gasteiger partial charge in [0.05, 0.1) is 22.5 Å². The van der Waals surface area contributed by atoms with Gasteiger partial charge in [0.25, 0.3) is 0 Å². The van der Waals surface area contributed by atoms with E-state index in [-0.39, 0.29) is 18.4 Å². The molecule has 3 aromatic rings. The molecule has 148 valence electrons. The molecule has 0 aliphatic heterocycles. The molecule has 1 aliphatic rings. The number of thioether (sulfide) groups is 1. The van der Waals surface area contributed by atoms with E-state index in [4.69, 9.17) is 0 Å². The lowest BCUT2D eigenvalue weighted by Gasteiger charge is -2.27. The second-order valence-corrected chi connectivity index (χ2v) is 8.69. The second-order valence-electron chi connectivity index (χ2n) is 7.23. The fourth-order valence-electron chi connectivity index (χ4n) is 3.76. The van der Waals surface area contributed by atoms with Crippen LogP contribution in [-0.4, -0.2) is 28.1 Å². The van der Waals surface area contributed by atoms with Gasteiger partial charge in [-0.1, -0.05) is 49.2 Å². The first kappa shape index (κ1) is 19.5. The molecule has 0 radical (unpaired) electrons. The monoisotopic (exact) mass is 405 g/mol. The zero-order valence-corrected chi connectivity index (χ0v) is 16.9. The quantitative estimate of drug-likeness (QED) is 0.638. The van der Waals surface area contributed by atoms with Crippen molar-refractivity contribution in [3.8, 4) is 0 Å². The number of benzene rings is 2. The summed E-state index contributed by atoms with van der Waals surface area (Å²) in [4.78, 5) is 30.9. The summed E-state index contributed by atoms with van der Waals surface area (Å²) in [5.41, 5.74) is 1.39. The van der Waals surface area contributed by atoms with Crippen LogP contribution in [0.15, 0.2) is 71.8 Å². The molecule has 1 saturated carbocycles. The zero-order valence-electron chi connectivity index (χ0n) is 16.1. The second kappa shape index (κ2) is 8.66. The lowest BCUT2D eigenvalue weighted by molar-refractivity contribution is -0.125. The van der Waals surface area contributed by atoms with Crippen molar-refractivity contribution in [3.63, 3.8) is 0 Å². The van der Waals surface area contributed by atoms with E-state index < -0.39 is 4.75 Å². The van der Waals surface area contributed by atoms with Gasteiger partial charge in [-0.15, -0.1) is 11.8 Å². The number of aromatic nitrogens is 1. The van der Waals surface area contributed by atoms with Crippen molar-refractivity contribution >= 4 is 40.2 Å². The van der Waals surface area contributed by atoms with Crippen LogP contribution in [0.5, 0.6) is 0 Å². The van der Waals surface area contributed by atoms with E-state index in [1.54, 1.807) is 18.0 Å². The average molecular weight is 406 g/mol. The number of rotatable bonds is 6. The van der Waals surface area contributed by atoms with Crippen LogP contribution in [0.1, 0.15) is 25.7 Å². The largest absolute Gasteiger partial charge is 0.346 e. The van der Waals surface area contributed by atoms with Gasteiger partial charge in [-0.25, -0.2) is 0 Å². The first-order valence-corrected chi connectivity index (χ1v) is 10.6. The number of anilines is 1. The van der Waals surface area contributed by atoms with Crippen LogP contribution in [0.2, 0.25) is 0 Å². The summed E-state index contributed by atoms with van der Waals surface area (Å²) in [5, 5.41) is 6.69. The molecule has 1 heterocycles. The molecule has 2 aromatic carbocycles. The predicted octanol–water partition coefficient (Wildman–Crippen LogP) is 4.39. The summed E-state index contributed by atoms with van der Waals surface area (Å²) in [6, 6.07) is 19.4. The van der Waals surface area contributed by atoms with Gasteiger partial charge in [0.2, 0.25) is 11.8 Å². The van der Waals surface area contributed by atoms with E-state index >= 15 is 0 Å². The van der Waals surface area contributed by atoms with E-state index in [0.717, 1.165) is 41.5 Å². The summed E-state index contributed by atoms with van der Waals surface area (Å²) in [6.45, 7) is -0.0564. The molecule has 0 atom stereocenters. The average Bonchev–Trinajstić information content (AvgIpc) is 3.23. The molecule has 2 amide bonds. The van der Waals surface area contributed by atoms with Gasteiger partial charge in [0, 0.05) is 16.5 Å². The maximum Gasteiger partial charge on any atom is 0.243 e. The standard InChI is InChI=1S/C23H23N3O2S/c27-20(26-19-12-6-8-17-9-7-15-24-21(17)19)16-25-22(28)23(13-4-5-14-23)29-18-10-2-1-3-11-18/h1-3,6-12,15H,4-5,13-14,16H2,(H,25,28)(H,26,27). The molecule has 4 rings (SSSR count). The molecule has 0 bridgehead atoms. The van der Waals surface area contributed by atoms with E-state index in [2.05, 4.69) is 15.6 Å². The Bertz CT molecular complexity index is 1010. The fourth-order valence-corrected chi connectivity index (χ4v) is 5.16. The zero-order chi connectivity index (χ0) is 20.1. The molecular formula is C23H23N3O2S. The molecule has 0 unspecified atom stereocenters. The molecule has 1 fully saturated rings. The summed E-state index contributed by atoms with van der Waals surface area (Å²) in [5.74, 6) is -0.315. The molecule has 29 heavy (non-hydrogen) atoms. The minimum absolute atomic E-state index is 0.0564. The number of fused-ring (bicyclic) bond motifs is 1. The first-order chi connectivity index (χ1) is 14.2. The van der Waals surface area contributed by atoms with Crippen molar-refractivity contribution in [1.82, 2.24) is 10.3 Å². The van der Waals surface area contributed by atoms with Crippen molar-refractivity contribution in [2.24, 2.45) is 0 Å². The summed E-state index contributed by atoms with van der Waals surface area (Å²) >= 11 is 1.61. The number of nitrogens with zero attached hydrogens (tertiary/aromatic N) is 1. The summed E-state index contributed by atoms with van der Waals surface area (Å²) in [6.07, 6.45) is 5.41. The van der Waals surface area contributed by atoms with Gasteiger partial charge < -0.3 is 10.6 Å². The molecule has 1 aromatic heterocycles. The van der Waals surface area contributed by atoms with E-state index in [9.17, 15) is 9.59 Å². The highest BCUT2D eigenvalue weighted by molar-refractivity contribution is 8.01. The predicted molar refractivity (Wildman–Crippen MR) is 117 cm³/mol. The van der Waals surface area contributed by atoms with Crippen LogP contribution < -0.4 is 10.6 Å². The first-order valence-electron chi connectivity index (χ1n) is 9.82. The van der Waals surface area contributed by atoms with Crippen LogP contribution in [0.25, 0.3) is 10.9 Å². The lowest BCUT2D eigenvalue weighted by atomic mass is 10.1. The van der Waals surface area contributed by atoms with E-state index in [1.807, 2.05) is 60.7 Å². The van der Waals surface area contributed by atoms with Crippen LogP contribution in [0.3, 0.4) is 0 Å². The van der Waals surface area contributed by atoms with Crippen molar-refractivity contribution < 1.29 is 9.59 Å². The van der Waals surface area contributed by atoms with Gasteiger partial charge in [-0.3, -0.25) is 14.6 Å². The van der Waals surface area contributed by atoms with Crippen LogP contribution in [0.4, 0.5) is 5.69 Å². The Labute approximate surface area is 174 Å². The maximum absolute atomic E-state index is 13.0. The molecule has 1 aliphatic carbocycles. The van der Waals surface area contributed by atoms with Crippen LogP contribution in [0, 0.1) is 0 Å². The highest BCUT2D eigenvalue weighted by Crippen LogP contribution is 2.45. The summed E-state index contributed by atoms with van der Waals surface area (Å²) < 4.78 is -0.497. The fraction of sp³-hybridized carbons (Fsp3) is 0.261. The van der Waals surface area contributed by atoms with E-state index in [0.29, 0.717) is 5.69 Å². The number of carbonyl (C=O) groups is 2. The molecule has 5 nitrogen and oxygen atoms in total. The minimum Gasteiger partial charge on any atom is -0.346 e. The number of hydrogen-bond acceptors (Lipinski definition) is 4.